The van der Waals surface area contributed by atoms with Crippen molar-refractivity contribution in [2.45, 2.75) is 38.1 Å². The third kappa shape index (κ3) is 5.88. The standard InChI is InChI=1S/C22H19F4N5O3/c23-14-8-9-17(19(11-14)31(32)33)28-20-12-18(29-21(30-20)27-15-5-1-2-6-15)13-4-3-7-16(10-13)34-22(24,25)26/h3-4,7-12,15H,1-2,5-6H2,(H2,27,28,29,30). The average Bonchev–Trinajstić information content (AvgIpc) is 3.27. The Morgan fingerprint density at radius 3 is 2.53 bits per heavy atom. The monoisotopic (exact) mass is 477 g/mol. The fraction of sp³-hybridized carbons (Fsp3) is 0.273. The summed E-state index contributed by atoms with van der Waals surface area (Å²) in [7, 11) is 0. The number of ether oxygens (including phenoxy) is 1. The minimum atomic E-state index is -4.85. The van der Waals surface area contributed by atoms with E-state index in [0.29, 0.717) is 5.56 Å². The minimum Gasteiger partial charge on any atom is -0.406 e. The second kappa shape index (κ2) is 9.49. The second-order valence-electron chi connectivity index (χ2n) is 7.71. The number of nitro groups is 1. The molecule has 178 valence electrons. The van der Waals surface area contributed by atoms with Crippen molar-refractivity contribution in [2.24, 2.45) is 0 Å². The summed E-state index contributed by atoms with van der Waals surface area (Å²) < 4.78 is 55.5. The van der Waals surface area contributed by atoms with Gasteiger partial charge in [-0.15, -0.1) is 13.2 Å². The molecule has 1 heterocycles. The predicted octanol–water partition coefficient (Wildman–Crippen LogP) is 6.19. The van der Waals surface area contributed by atoms with Crippen molar-refractivity contribution in [2.75, 3.05) is 10.6 Å². The number of nitrogens with one attached hydrogen (secondary N) is 2. The molecule has 0 unspecified atom stereocenters. The van der Waals surface area contributed by atoms with Crippen molar-refractivity contribution < 1.29 is 27.2 Å². The zero-order valence-corrected chi connectivity index (χ0v) is 17.6. The van der Waals surface area contributed by atoms with Crippen LogP contribution in [0, 0.1) is 15.9 Å². The van der Waals surface area contributed by atoms with Crippen LogP contribution >= 0.6 is 0 Å². The number of nitro benzene ring substituents is 1. The summed E-state index contributed by atoms with van der Waals surface area (Å²) in [5.41, 5.74) is 0.0775. The van der Waals surface area contributed by atoms with Crippen LogP contribution in [0.15, 0.2) is 48.5 Å². The Bertz CT molecular complexity index is 1200. The van der Waals surface area contributed by atoms with Gasteiger partial charge in [-0.25, -0.2) is 9.37 Å². The summed E-state index contributed by atoms with van der Waals surface area (Å²) in [5, 5.41) is 17.4. The van der Waals surface area contributed by atoms with Crippen LogP contribution in [-0.4, -0.2) is 27.3 Å². The fourth-order valence-electron chi connectivity index (χ4n) is 3.73. The van der Waals surface area contributed by atoms with Gasteiger partial charge in [0.15, 0.2) is 0 Å². The lowest BCUT2D eigenvalue weighted by molar-refractivity contribution is -0.384. The number of hydrogen-bond acceptors (Lipinski definition) is 7. The van der Waals surface area contributed by atoms with E-state index in [9.17, 15) is 27.7 Å². The number of benzene rings is 2. The van der Waals surface area contributed by atoms with Gasteiger partial charge in [-0.3, -0.25) is 10.1 Å². The quantitative estimate of drug-likeness (QED) is 0.238. The topological polar surface area (TPSA) is 102 Å². The highest BCUT2D eigenvalue weighted by atomic mass is 19.4. The average molecular weight is 477 g/mol. The summed E-state index contributed by atoms with van der Waals surface area (Å²) >= 11 is 0. The molecule has 0 bridgehead atoms. The summed E-state index contributed by atoms with van der Waals surface area (Å²) in [6.45, 7) is 0. The van der Waals surface area contributed by atoms with Crippen molar-refractivity contribution in [3.63, 3.8) is 0 Å². The Morgan fingerprint density at radius 1 is 1.06 bits per heavy atom. The molecule has 1 saturated carbocycles. The van der Waals surface area contributed by atoms with Crippen LogP contribution in [0.1, 0.15) is 25.7 Å². The van der Waals surface area contributed by atoms with Crippen molar-refractivity contribution >= 4 is 23.1 Å². The molecule has 0 aliphatic heterocycles. The molecule has 3 aromatic rings. The molecule has 0 amide bonds. The largest absolute Gasteiger partial charge is 0.573 e. The zero-order chi connectivity index (χ0) is 24.3. The van der Waals surface area contributed by atoms with E-state index in [4.69, 9.17) is 0 Å². The second-order valence-corrected chi connectivity index (χ2v) is 7.71. The third-order valence-corrected chi connectivity index (χ3v) is 5.20. The van der Waals surface area contributed by atoms with Crippen molar-refractivity contribution in [3.8, 4) is 17.0 Å². The van der Waals surface area contributed by atoms with Gasteiger partial charge in [-0.2, -0.15) is 4.98 Å². The van der Waals surface area contributed by atoms with Crippen LogP contribution in [0.4, 0.5) is 40.7 Å². The van der Waals surface area contributed by atoms with E-state index >= 15 is 0 Å². The number of rotatable bonds is 7. The molecule has 2 aromatic carbocycles. The van der Waals surface area contributed by atoms with Crippen molar-refractivity contribution in [1.82, 2.24) is 9.97 Å². The number of alkyl halides is 3. The van der Waals surface area contributed by atoms with E-state index in [1.54, 1.807) is 6.07 Å². The molecule has 1 aliphatic carbocycles. The van der Waals surface area contributed by atoms with Crippen LogP contribution in [0.2, 0.25) is 0 Å². The molecule has 34 heavy (non-hydrogen) atoms. The summed E-state index contributed by atoms with van der Waals surface area (Å²) in [4.78, 5) is 19.4. The van der Waals surface area contributed by atoms with Gasteiger partial charge in [0.1, 0.15) is 23.1 Å². The highest BCUT2D eigenvalue weighted by Crippen LogP contribution is 2.32. The van der Waals surface area contributed by atoms with Crippen LogP contribution in [0.5, 0.6) is 5.75 Å². The third-order valence-electron chi connectivity index (χ3n) is 5.20. The molecule has 0 radical (unpaired) electrons. The number of halogens is 4. The smallest absolute Gasteiger partial charge is 0.406 e. The van der Waals surface area contributed by atoms with Gasteiger partial charge in [0.2, 0.25) is 5.95 Å². The molecule has 2 N–H and O–H groups in total. The lowest BCUT2D eigenvalue weighted by Crippen LogP contribution is -2.17. The number of nitrogens with zero attached hydrogens (tertiary/aromatic N) is 3. The Hall–Kier alpha value is -3.96. The molecule has 1 aromatic heterocycles. The Kier molecular flexibility index (Phi) is 6.48. The van der Waals surface area contributed by atoms with Crippen LogP contribution in [0.3, 0.4) is 0 Å². The van der Waals surface area contributed by atoms with E-state index in [1.165, 1.54) is 24.3 Å². The number of hydrogen-bond donors (Lipinski definition) is 2. The van der Waals surface area contributed by atoms with Gasteiger partial charge < -0.3 is 15.4 Å². The molecular formula is C22H19F4N5O3. The molecule has 0 atom stereocenters. The maximum absolute atomic E-state index is 13.5. The fourth-order valence-corrected chi connectivity index (χ4v) is 3.73. The first-order chi connectivity index (χ1) is 16.2. The maximum atomic E-state index is 13.5. The van der Waals surface area contributed by atoms with Crippen LogP contribution in [-0.2, 0) is 0 Å². The first-order valence-corrected chi connectivity index (χ1v) is 10.4. The lowest BCUT2D eigenvalue weighted by Gasteiger charge is -2.15. The highest BCUT2D eigenvalue weighted by Gasteiger charge is 2.31. The van der Waals surface area contributed by atoms with Gasteiger partial charge in [0, 0.05) is 17.7 Å². The van der Waals surface area contributed by atoms with Crippen molar-refractivity contribution in [1.29, 1.82) is 0 Å². The highest BCUT2D eigenvalue weighted by molar-refractivity contribution is 5.72. The Morgan fingerprint density at radius 2 is 1.82 bits per heavy atom. The minimum absolute atomic E-state index is 0.00276. The van der Waals surface area contributed by atoms with E-state index in [1.807, 2.05) is 0 Å². The Labute approximate surface area is 191 Å². The summed E-state index contributed by atoms with van der Waals surface area (Å²) in [6, 6.07) is 9.89. The SMILES string of the molecule is O=[N+]([O-])c1cc(F)ccc1Nc1cc(-c2cccc(OC(F)(F)F)c2)nc(NC2CCCC2)n1. The van der Waals surface area contributed by atoms with E-state index in [0.717, 1.165) is 43.9 Å². The van der Waals surface area contributed by atoms with Gasteiger partial charge in [-0.1, -0.05) is 25.0 Å². The summed E-state index contributed by atoms with van der Waals surface area (Å²) in [5.74, 6) is -0.843. The molecule has 1 aliphatic rings. The lowest BCUT2D eigenvalue weighted by atomic mass is 10.1. The first kappa shape index (κ1) is 23.2. The predicted molar refractivity (Wildman–Crippen MR) is 116 cm³/mol. The zero-order valence-electron chi connectivity index (χ0n) is 17.6. The maximum Gasteiger partial charge on any atom is 0.573 e. The molecule has 1 fully saturated rings. The van der Waals surface area contributed by atoms with Crippen LogP contribution in [0.25, 0.3) is 11.3 Å². The van der Waals surface area contributed by atoms with Gasteiger partial charge in [0.05, 0.1) is 16.7 Å². The normalized spacial score (nSPS) is 14.1. The van der Waals surface area contributed by atoms with E-state index in [-0.39, 0.29) is 29.2 Å². The number of aromatic nitrogens is 2. The first-order valence-electron chi connectivity index (χ1n) is 10.4. The molecular weight excluding hydrogens is 458 g/mol. The van der Waals surface area contributed by atoms with Gasteiger partial charge >= 0.3 is 6.36 Å². The molecule has 4 rings (SSSR count). The number of anilines is 3. The molecule has 0 saturated heterocycles. The molecule has 0 spiro atoms. The van der Waals surface area contributed by atoms with E-state index in [2.05, 4.69) is 25.3 Å². The van der Waals surface area contributed by atoms with Gasteiger partial charge in [0.25, 0.3) is 5.69 Å². The molecule has 12 heteroatoms. The molecule has 8 nitrogen and oxygen atoms in total. The van der Waals surface area contributed by atoms with E-state index < -0.39 is 28.5 Å². The van der Waals surface area contributed by atoms with Gasteiger partial charge in [-0.05, 0) is 37.1 Å². The summed E-state index contributed by atoms with van der Waals surface area (Å²) in [6.07, 6.45) is -0.945. The van der Waals surface area contributed by atoms with Crippen LogP contribution < -0.4 is 15.4 Å². The van der Waals surface area contributed by atoms with Crippen molar-refractivity contribution in [3.05, 3.63) is 64.5 Å². The Balaban J connectivity index is 1.72.